The molecule has 1 fully saturated rings. The Balaban J connectivity index is 2.04. The van der Waals surface area contributed by atoms with Crippen LogP contribution in [0.5, 0.6) is 5.75 Å². The minimum absolute atomic E-state index is 0.187. The third kappa shape index (κ3) is 2.71. The van der Waals surface area contributed by atoms with Gasteiger partial charge in [-0.05, 0) is 48.0 Å². The number of nitrogens with two attached hydrogens (primary N) is 1. The van der Waals surface area contributed by atoms with Crippen LogP contribution in [-0.4, -0.2) is 18.6 Å². The molecule has 2 N–H and O–H groups in total. The molecule has 0 radical (unpaired) electrons. The second-order valence-electron chi connectivity index (χ2n) is 4.25. The minimum Gasteiger partial charge on any atom is -0.497 e. The first-order valence-corrected chi connectivity index (χ1v) is 6.94. The number of benzene rings is 1. The summed E-state index contributed by atoms with van der Waals surface area (Å²) in [5, 5.41) is 0. The lowest BCUT2D eigenvalue weighted by Gasteiger charge is -2.27. The standard InChI is InChI=1S/C13H19NOS/c1-15-12-4-2-10(3-5-12)13(14)11-6-8-16-9-7-11/h2-5,11,13H,6-9,14H2,1H3. The second kappa shape index (κ2) is 5.60. The summed E-state index contributed by atoms with van der Waals surface area (Å²) in [6, 6.07) is 8.35. The molecule has 0 spiro atoms. The molecular weight excluding hydrogens is 218 g/mol. The molecule has 0 amide bonds. The van der Waals surface area contributed by atoms with Crippen LogP contribution in [0, 0.1) is 5.92 Å². The number of thioether (sulfide) groups is 1. The third-order valence-corrected chi connectivity index (χ3v) is 4.32. The Kier molecular flexibility index (Phi) is 4.13. The first kappa shape index (κ1) is 11.8. The Morgan fingerprint density at radius 2 is 1.88 bits per heavy atom. The molecule has 1 aromatic rings. The van der Waals surface area contributed by atoms with E-state index in [1.807, 2.05) is 23.9 Å². The average Bonchev–Trinajstić information content (AvgIpc) is 2.39. The van der Waals surface area contributed by atoms with Gasteiger partial charge < -0.3 is 10.5 Å². The van der Waals surface area contributed by atoms with Gasteiger partial charge in [-0.2, -0.15) is 11.8 Å². The van der Waals surface area contributed by atoms with E-state index >= 15 is 0 Å². The quantitative estimate of drug-likeness (QED) is 0.878. The summed E-state index contributed by atoms with van der Waals surface area (Å²) in [4.78, 5) is 0. The highest BCUT2D eigenvalue weighted by Gasteiger charge is 2.21. The van der Waals surface area contributed by atoms with Crippen molar-refractivity contribution in [1.29, 1.82) is 0 Å². The Morgan fingerprint density at radius 1 is 1.25 bits per heavy atom. The second-order valence-corrected chi connectivity index (χ2v) is 5.47. The van der Waals surface area contributed by atoms with Crippen molar-refractivity contribution in [3.63, 3.8) is 0 Å². The number of ether oxygens (including phenoxy) is 1. The van der Waals surface area contributed by atoms with Gasteiger partial charge in [-0.25, -0.2) is 0 Å². The molecule has 1 atom stereocenters. The van der Waals surface area contributed by atoms with Crippen molar-refractivity contribution in [1.82, 2.24) is 0 Å². The molecule has 1 aliphatic rings. The summed E-state index contributed by atoms with van der Waals surface area (Å²) in [6.07, 6.45) is 2.50. The van der Waals surface area contributed by atoms with E-state index in [0.29, 0.717) is 5.92 Å². The van der Waals surface area contributed by atoms with Gasteiger partial charge in [-0.3, -0.25) is 0 Å². The van der Waals surface area contributed by atoms with Gasteiger partial charge in [-0.15, -0.1) is 0 Å². The van der Waals surface area contributed by atoms with Crippen LogP contribution >= 0.6 is 11.8 Å². The van der Waals surface area contributed by atoms with E-state index in [2.05, 4.69) is 12.1 Å². The monoisotopic (exact) mass is 237 g/mol. The Hall–Kier alpha value is -0.670. The van der Waals surface area contributed by atoms with Gasteiger partial charge in [0.05, 0.1) is 7.11 Å². The van der Waals surface area contributed by atoms with Crippen molar-refractivity contribution in [3.8, 4) is 5.75 Å². The van der Waals surface area contributed by atoms with E-state index in [1.165, 1.54) is 29.9 Å². The van der Waals surface area contributed by atoms with Crippen molar-refractivity contribution in [2.24, 2.45) is 11.7 Å². The van der Waals surface area contributed by atoms with Gasteiger partial charge in [0.15, 0.2) is 0 Å². The SMILES string of the molecule is COc1ccc(C(N)C2CCSCC2)cc1. The van der Waals surface area contributed by atoms with Crippen LogP contribution in [0.4, 0.5) is 0 Å². The summed E-state index contributed by atoms with van der Waals surface area (Å²) in [7, 11) is 1.69. The molecule has 0 bridgehead atoms. The zero-order chi connectivity index (χ0) is 11.4. The Labute approximate surface area is 102 Å². The Bertz CT molecular complexity index is 319. The zero-order valence-electron chi connectivity index (χ0n) is 9.69. The van der Waals surface area contributed by atoms with E-state index in [1.54, 1.807) is 7.11 Å². The molecule has 2 nitrogen and oxygen atoms in total. The third-order valence-electron chi connectivity index (χ3n) is 3.27. The molecular formula is C13H19NOS. The van der Waals surface area contributed by atoms with Gasteiger partial charge in [-0.1, -0.05) is 12.1 Å². The summed E-state index contributed by atoms with van der Waals surface area (Å²) in [5.41, 5.74) is 7.55. The van der Waals surface area contributed by atoms with Crippen LogP contribution in [0.25, 0.3) is 0 Å². The highest BCUT2D eigenvalue weighted by Crippen LogP contribution is 2.32. The molecule has 3 heteroatoms. The van der Waals surface area contributed by atoms with Crippen molar-refractivity contribution >= 4 is 11.8 Å². The van der Waals surface area contributed by atoms with Crippen molar-refractivity contribution < 1.29 is 4.74 Å². The van der Waals surface area contributed by atoms with E-state index in [4.69, 9.17) is 10.5 Å². The zero-order valence-corrected chi connectivity index (χ0v) is 10.5. The van der Waals surface area contributed by atoms with Crippen molar-refractivity contribution in [2.45, 2.75) is 18.9 Å². The van der Waals surface area contributed by atoms with Crippen molar-refractivity contribution in [2.75, 3.05) is 18.6 Å². The molecule has 1 aromatic carbocycles. The number of methoxy groups -OCH3 is 1. The lowest BCUT2D eigenvalue weighted by atomic mass is 9.89. The van der Waals surface area contributed by atoms with Gasteiger partial charge in [0.25, 0.3) is 0 Å². The van der Waals surface area contributed by atoms with Crippen LogP contribution in [0.2, 0.25) is 0 Å². The molecule has 1 aliphatic heterocycles. The van der Waals surface area contributed by atoms with Crippen LogP contribution < -0.4 is 10.5 Å². The highest BCUT2D eigenvalue weighted by molar-refractivity contribution is 7.99. The fourth-order valence-electron chi connectivity index (χ4n) is 2.17. The summed E-state index contributed by atoms with van der Waals surface area (Å²) in [5.74, 6) is 4.06. The molecule has 0 aromatic heterocycles. The summed E-state index contributed by atoms with van der Waals surface area (Å²) in [6.45, 7) is 0. The van der Waals surface area contributed by atoms with Gasteiger partial charge >= 0.3 is 0 Å². The lowest BCUT2D eigenvalue weighted by Crippen LogP contribution is -2.24. The molecule has 2 rings (SSSR count). The van der Waals surface area contributed by atoms with Crippen LogP contribution in [0.15, 0.2) is 24.3 Å². The molecule has 16 heavy (non-hydrogen) atoms. The normalized spacial score (nSPS) is 19.4. The Morgan fingerprint density at radius 3 is 2.44 bits per heavy atom. The maximum Gasteiger partial charge on any atom is 0.118 e. The largest absolute Gasteiger partial charge is 0.497 e. The molecule has 1 heterocycles. The lowest BCUT2D eigenvalue weighted by molar-refractivity contribution is 0.400. The van der Waals surface area contributed by atoms with Gasteiger partial charge in [0.1, 0.15) is 5.75 Å². The summed E-state index contributed by atoms with van der Waals surface area (Å²) < 4.78 is 5.15. The van der Waals surface area contributed by atoms with E-state index in [9.17, 15) is 0 Å². The van der Waals surface area contributed by atoms with Crippen LogP contribution in [0.1, 0.15) is 24.4 Å². The fraction of sp³-hybridized carbons (Fsp3) is 0.538. The smallest absolute Gasteiger partial charge is 0.118 e. The van der Waals surface area contributed by atoms with Crippen LogP contribution in [-0.2, 0) is 0 Å². The topological polar surface area (TPSA) is 35.2 Å². The first-order chi connectivity index (χ1) is 7.81. The van der Waals surface area contributed by atoms with Crippen molar-refractivity contribution in [3.05, 3.63) is 29.8 Å². The minimum atomic E-state index is 0.187. The molecule has 0 saturated carbocycles. The number of hydrogen-bond donors (Lipinski definition) is 1. The highest BCUT2D eigenvalue weighted by atomic mass is 32.2. The summed E-state index contributed by atoms with van der Waals surface area (Å²) >= 11 is 2.04. The molecule has 1 saturated heterocycles. The predicted molar refractivity (Wildman–Crippen MR) is 70.0 cm³/mol. The van der Waals surface area contributed by atoms with E-state index in [-0.39, 0.29) is 6.04 Å². The predicted octanol–water partition coefficient (Wildman–Crippen LogP) is 2.84. The average molecular weight is 237 g/mol. The van der Waals surface area contributed by atoms with E-state index in [0.717, 1.165) is 5.75 Å². The van der Waals surface area contributed by atoms with E-state index < -0.39 is 0 Å². The van der Waals surface area contributed by atoms with Gasteiger partial charge in [0, 0.05) is 6.04 Å². The molecule has 0 aliphatic carbocycles. The van der Waals surface area contributed by atoms with Gasteiger partial charge in [0.2, 0.25) is 0 Å². The number of hydrogen-bond acceptors (Lipinski definition) is 3. The number of rotatable bonds is 3. The molecule has 1 unspecified atom stereocenters. The first-order valence-electron chi connectivity index (χ1n) is 5.78. The fourth-order valence-corrected chi connectivity index (χ4v) is 3.32. The maximum absolute atomic E-state index is 6.31. The molecule has 88 valence electrons. The maximum atomic E-state index is 6.31. The van der Waals surface area contributed by atoms with Crippen LogP contribution in [0.3, 0.4) is 0 Å².